The summed E-state index contributed by atoms with van der Waals surface area (Å²) in [4.78, 5) is 18.3. The van der Waals surface area contributed by atoms with E-state index >= 15 is 0 Å². The molecule has 0 aromatic rings. The summed E-state index contributed by atoms with van der Waals surface area (Å²) in [6, 6.07) is 0. The lowest BCUT2D eigenvalue weighted by atomic mass is 10.0. The molecule has 3 nitrogen and oxygen atoms in total. The number of hydroxylamine groups is 2. The van der Waals surface area contributed by atoms with Crippen LogP contribution in [0, 0.1) is 0 Å². The molecule has 0 heterocycles. The normalized spacial score (nSPS) is 11.4. The highest BCUT2D eigenvalue weighted by Crippen LogP contribution is 2.16. The van der Waals surface area contributed by atoms with Crippen molar-refractivity contribution in [1.29, 1.82) is 0 Å². The Balaban J connectivity index is 3.49. The second-order valence-corrected chi connectivity index (χ2v) is 12.6. The largest absolute Gasteiger partial charge is 0.273 e. The number of carbonyl (C=O) groups excluding carboxylic acids is 1. The number of rotatable bonds is 34. The smallest absolute Gasteiger partial charge is 0.246 e. The summed E-state index contributed by atoms with van der Waals surface area (Å²) in [5.74, 6) is 0.196. The quantitative estimate of drug-likeness (QED) is 0.0573. The molecule has 0 N–H and O–H groups in total. The Morgan fingerprint density at radius 2 is 0.675 bits per heavy atom. The van der Waals surface area contributed by atoms with Gasteiger partial charge in [0.05, 0.1) is 6.61 Å². The zero-order chi connectivity index (χ0) is 29.2. The maximum absolute atomic E-state index is 12.6. The minimum Gasteiger partial charge on any atom is -0.273 e. The molecular weight excluding hydrogens is 490 g/mol. The molecule has 3 heteroatoms. The molecule has 0 aliphatic rings. The van der Waals surface area contributed by atoms with E-state index in [2.05, 4.69) is 13.8 Å². The van der Waals surface area contributed by atoms with Gasteiger partial charge in [0.2, 0.25) is 5.91 Å². The second kappa shape index (κ2) is 34.6. The van der Waals surface area contributed by atoms with Crippen molar-refractivity contribution in [2.75, 3.05) is 13.2 Å². The summed E-state index contributed by atoms with van der Waals surface area (Å²) in [6.45, 7) is 7.92. The first-order valence-corrected chi connectivity index (χ1v) is 18.7. The second-order valence-electron chi connectivity index (χ2n) is 12.6. The minimum atomic E-state index is 0.196. The van der Waals surface area contributed by atoms with E-state index in [9.17, 15) is 4.79 Å². The molecule has 240 valence electrons. The Hall–Kier alpha value is -0.570. The molecular formula is C37H75NO2. The van der Waals surface area contributed by atoms with Gasteiger partial charge in [-0.05, 0) is 19.8 Å². The van der Waals surface area contributed by atoms with Crippen molar-refractivity contribution in [2.24, 2.45) is 0 Å². The number of nitrogens with zero attached hydrogens (tertiary/aromatic N) is 1. The minimum absolute atomic E-state index is 0.196. The number of hydrogen-bond donors (Lipinski definition) is 0. The number of unbranched alkanes of at least 4 members (excludes halogenated alkanes) is 28. The van der Waals surface area contributed by atoms with Gasteiger partial charge in [0.25, 0.3) is 0 Å². The van der Waals surface area contributed by atoms with Crippen LogP contribution in [0.3, 0.4) is 0 Å². The predicted octanol–water partition coefficient (Wildman–Crippen LogP) is 12.9. The van der Waals surface area contributed by atoms with Crippen molar-refractivity contribution in [3.63, 3.8) is 0 Å². The van der Waals surface area contributed by atoms with Crippen LogP contribution in [0.2, 0.25) is 0 Å². The van der Waals surface area contributed by atoms with Crippen LogP contribution in [0.15, 0.2) is 0 Å². The van der Waals surface area contributed by atoms with Crippen molar-refractivity contribution in [1.82, 2.24) is 5.06 Å². The highest BCUT2D eigenvalue weighted by Gasteiger charge is 2.13. The average molecular weight is 566 g/mol. The molecule has 0 atom stereocenters. The Kier molecular flexibility index (Phi) is 34.1. The van der Waals surface area contributed by atoms with Crippen LogP contribution in [0.1, 0.15) is 220 Å². The monoisotopic (exact) mass is 566 g/mol. The fourth-order valence-corrected chi connectivity index (χ4v) is 5.82. The molecule has 40 heavy (non-hydrogen) atoms. The maximum Gasteiger partial charge on any atom is 0.246 e. The van der Waals surface area contributed by atoms with Gasteiger partial charge in [-0.1, -0.05) is 194 Å². The highest BCUT2D eigenvalue weighted by atomic mass is 16.7. The van der Waals surface area contributed by atoms with E-state index in [1.54, 1.807) is 5.06 Å². The van der Waals surface area contributed by atoms with Gasteiger partial charge in [-0.2, -0.15) is 0 Å². The topological polar surface area (TPSA) is 29.5 Å². The first-order chi connectivity index (χ1) is 19.8. The van der Waals surface area contributed by atoms with Crippen molar-refractivity contribution in [3.05, 3.63) is 0 Å². The molecule has 0 bridgehead atoms. The van der Waals surface area contributed by atoms with E-state index in [0.29, 0.717) is 13.0 Å². The fourth-order valence-electron chi connectivity index (χ4n) is 5.82. The van der Waals surface area contributed by atoms with Crippen LogP contribution >= 0.6 is 0 Å². The van der Waals surface area contributed by atoms with E-state index in [1.807, 2.05) is 6.92 Å². The zero-order valence-corrected chi connectivity index (χ0v) is 28.1. The van der Waals surface area contributed by atoms with E-state index in [1.165, 1.54) is 180 Å². The summed E-state index contributed by atoms with van der Waals surface area (Å²) >= 11 is 0. The van der Waals surface area contributed by atoms with Crippen LogP contribution in [0.4, 0.5) is 0 Å². The van der Waals surface area contributed by atoms with Crippen LogP contribution in [0.25, 0.3) is 0 Å². The summed E-state index contributed by atoms with van der Waals surface area (Å²) in [6.07, 6.45) is 41.6. The van der Waals surface area contributed by atoms with E-state index < -0.39 is 0 Å². The third kappa shape index (κ3) is 30.4. The molecule has 0 spiro atoms. The van der Waals surface area contributed by atoms with Gasteiger partial charge < -0.3 is 0 Å². The third-order valence-electron chi connectivity index (χ3n) is 8.52. The van der Waals surface area contributed by atoms with Crippen molar-refractivity contribution < 1.29 is 9.63 Å². The van der Waals surface area contributed by atoms with Crippen LogP contribution in [-0.2, 0) is 9.63 Å². The summed E-state index contributed by atoms with van der Waals surface area (Å²) in [5.41, 5.74) is 0. The lowest BCUT2D eigenvalue weighted by Gasteiger charge is -2.21. The molecule has 0 aliphatic carbocycles. The van der Waals surface area contributed by atoms with E-state index in [4.69, 9.17) is 4.84 Å². The number of carbonyl (C=O) groups is 1. The molecule has 1 amide bonds. The lowest BCUT2D eigenvalue weighted by molar-refractivity contribution is -0.185. The molecule has 0 aromatic heterocycles. The Morgan fingerprint density at radius 1 is 0.400 bits per heavy atom. The Bertz CT molecular complexity index is 481. The molecule has 0 saturated heterocycles. The molecule has 0 unspecified atom stereocenters. The highest BCUT2D eigenvalue weighted by molar-refractivity contribution is 5.74. The molecule has 0 aliphatic heterocycles. The zero-order valence-electron chi connectivity index (χ0n) is 28.1. The first kappa shape index (κ1) is 39.4. The van der Waals surface area contributed by atoms with Gasteiger partial charge >= 0.3 is 0 Å². The van der Waals surface area contributed by atoms with Gasteiger partial charge in [0.15, 0.2) is 0 Å². The summed E-state index contributed by atoms with van der Waals surface area (Å²) < 4.78 is 0. The van der Waals surface area contributed by atoms with Gasteiger partial charge in [-0.25, -0.2) is 5.06 Å². The molecule has 0 fully saturated rings. The van der Waals surface area contributed by atoms with E-state index in [-0.39, 0.29) is 5.91 Å². The number of amides is 1. The van der Waals surface area contributed by atoms with Crippen molar-refractivity contribution in [3.8, 4) is 0 Å². The molecule has 0 aromatic carbocycles. The van der Waals surface area contributed by atoms with Gasteiger partial charge in [0.1, 0.15) is 0 Å². The maximum atomic E-state index is 12.6. The van der Waals surface area contributed by atoms with Crippen LogP contribution in [0.5, 0.6) is 0 Å². The third-order valence-corrected chi connectivity index (χ3v) is 8.52. The van der Waals surface area contributed by atoms with Gasteiger partial charge in [-0.3, -0.25) is 9.63 Å². The molecule has 0 saturated carbocycles. The Labute approximate surface area is 253 Å². The predicted molar refractivity (Wildman–Crippen MR) is 178 cm³/mol. The number of hydrogen-bond acceptors (Lipinski definition) is 2. The van der Waals surface area contributed by atoms with Crippen molar-refractivity contribution in [2.45, 2.75) is 220 Å². The summed E-state index contributed by atoms with van der Waals surface area (Å²) in [5, 5.41) is 1.67. The standard InChI is InChI=1S/C37H75NO2/c1-4-7-9-11-13-15-17-19-20-21-22-24-26-28-30-32-34-36-38(40-6-3)37(39)35-33-31-29-27-25-23-18-16-14-12-10-8-5-2/h4-36H2,1-3H3. The van der Waals surface area contributed by atoms with Crippen molar-refractivity contribution >= 4 is 5.91 Å². The molecule has 0 radical (unpaired) electrons. The van der Waals surface area contributed by atoms with Gasteiger partial charge in [-0.15, -0.1) is 0 Å². The summed E-state index contributed by atoms with van der Waals surface area (Å²) in [7, 11) is 0. The van der Waals surface area contributed by atoms with Crippen LogP contribution in [-0.4, -0.2) is 24.1 Å². The first-order valence-electron chi connectivity index (χ1n) is 18.7. The Morgan fingerprint density at radius 3 is 0.975 bits per heavy atom. The average Bonchev–Trinajstić information content (AvgIpc) is 2.96. The molecule has 0 rings (SSSR count). The van der Waals surface area contributed by atoms with Gasteiger partial charge in [0, 0.05) is 13.0 Å². The lowest BCUT2D eigenvalue weighted by Crippen LogP contribution is -2.32. The SMILES string of the molecule is CCCCCCCCCCCCCCCCCCCN(OCC)C(=O)CCCCCCCCCCCCCCC. The fraction of sp³-hybridized carbons (Fsp3) is 0.973. The van der Waals surface area contributed by atoms with E-state index in [0.717, 1.165) is 19.4 Å². The van der Waals surface area contributed by atoms with Crippen LogP contribution < -0.4 is 0 Å².